The molecule has 0 aliphatic heterocycles. The number of rotatable bonds is 6. The van der Waals surface area contributed by atoms with E-state index in [0.717, 1.165) is 0 Å². The predicted octanol–water partition coefficient (Wildman–Crippen LogP) is 2.88. The van der Waals surface area contributed by atoms with E-state index in [0.29, 0.717) is 34.9 Å². The molecule has 3 aromatic rings. The minimum absolute atomic E-state index is 0.0297. The fourth-order valence-corrected chi connectivity index (χ4v) is 2.65. The summed E-state index contributed by atoms with van der Waals surface area (Å²) in [5, 5.41) is 3.20. The number of carbonyl (C=O) groups excluding carboxylic acids is 1. The van der Waals surface area contributed by atoms with E-state index in [1.54, 1.807) is 36.5 Å². The Hall–Kier alpha value is -3.35. The zero-order valence-corrected chi connectivity index (χ0v) is 15.4. The molecule has 0 radical (unpaired) electrons. The minimum atomic E-state index is -0.434. The summed E-state index contributed by atoms with van der Waals surface area (Å²) in [6.07, 6.45) is 1.65. The van der Waals surface area contributed by atoms with E-state index in [4.69, 9.17) is 9.47 Å². The van der Waals surface area contributed by atoms with Gasteiger partial charge in [0.25, 0.3) is 5.56 Å². The number of ether oxygens (including phenoxy) is 2. The highest BCUT2D eigenvalue weighted by Crippen LogP contribution is 2.27. The van der Waals surface area contributed by atoms with E-state index in [-0.39, 0.29) is 11.7 Å². The molecule has 0 saturated heterocycles. The summed E-state index contributed by atoms with van der Waals surface area (Å²) in [6, 6.07) is 11.9. The standard InChI is InChI=1S/C20H21N3O4/c1-13(2)27-17-8-7-14(20(25)26-3)10-16(17)21-12-15-11-19(24)23-9-5-4-6-18(23)22-15/h4-11,13,21H,12H2,1-3H3. The largest absolute Gasteiger partial charge is 0.489 e. The van der Waals surface area contributed by atoms with Crippen molar-refractivity contribution in [3.05, 3.63) is 70.3 Å². The van der Waals surface area contributed by atoms with Crippen molar-refractivity contribution in [1.82, 2.24) is 9.38 Å². The van der Waals surface area contributed by atoms with Gasteiger partial charge in [-0.2, -0.15) is 0 Å². The number of anilines is 1. The van der Waals surface area contributed by atoms with Crippen LogP contribution in [0.5, 0.6) is 5.75 Å². The molecule has 1 N–H and O–H groups in total. The second-order valence-electron chi connectivity index (χ2n) is 6.24. The first-order valence-corrected chi connectivity index (χ1v) is 8.58. The van der Waals surface area contributed by atoms with E-state index < -0.39 is 5.97 Å². The molecular formula is C20H21N3O4. The zero-order chi connectivity index (χ0) is 19.4. The Morgan fingerprint density at radius 1 is 1.22 bits per heavy atom. The fourth-order valence-electron chi connectivity index (χ4n) is 2.65. The summed E-state index contributed by atoms with van der Waals surface area (Å²) in [4.78, 5) is 28.5. The van der Waals surface area contributed by atoms with Gasteiger partial charge in [0.05, 0.1) is 36.7 Å². The van der Waals surface area contributed by atoms with Crippen LogP contribution in [0.15, 0.2) is 53.5 Å². The van der Waals surface area contributed by atoms with Crippen LogP contribution in [0.1, 0.15) is 29.9 Å². The van der Waals surface area contributed by atoms with Gasteiger partial charge < -0.3 is 14.8 Å². The molecule has 0 aliphatic carbocycles. The molecule has 0 bridgehead atoms. The Bertz CT molecular complexity index is 1030. The van der Waals surface area contributed by atoms with Gasteiger partial charge in [0.15, 0.2) is 0 Å². The number of pyridine rings is 1. The first kappa shape index (κ1) is 18.4. The topological polar surface area (TPSA) is 81.9 Å². The molecule has 0 atom stereocenters. The molecule has 0 aliphatic rings. The Morgan fingerprint density at radius 2 is 2.04 bits per heavy atom. The molecule has 0 saturated carbocycles. The van der Waals surface area contributed by atoms with Crippen molar-refractivity contribution in [1.29, 1.82) is 0 Å². The van der Waals surface area contributed by atoms with Gasteiger partial charge >= 0.3 is 5.97 Å². The molecule has 0 unspecified atom stereocenters. The maximum Gasteiger partial charge on any atom is 0.337 e. The van der Waals surface area contributed by atoms with Crippen molar-refractivity contribution in [2.45, 2.75) is 26.5 Å². The lowest BCUT2D eigenvalue weighted by molar-refractivity contribution is 0.0600. The van der Waals surface area contributed by atoms with E-state index in [1.165, 1.54) is 17.6 Å². The van der Waals surface area contributed by atoms with E-state index in [2.05, 4.69) is 10.3 Å². The average molecular weight is 367 g/mol. The summed E-state index contributed by atoms with van der Waals surface area (Å²) in [5.74, 6) is 0.173. The average Bonchev–Trinajstić information content (AvgIpc) is 2.66. The summed E-state index contributed by atoms with van der Waals surface area (Å²) < 4.78 is 12.1. The normalized spacial score (nSPS) is 10.8. The van der Waals surface area contributed by atoms with E-state index >= 15 is 0 Å². The number of hydrogen-bond acceptors (Lipinski definition) is 6. The third kappa shape index (κ3) is 4.25. The second-order valence-corrected chi connectivity index (χ2v) is 6.24. The molecule has 7 nitrogen and oxygen atoms in total. The first-order valence-electron chi connectivity index (χ1n) is 8.58. The van der Waals surface area contributed by atoms with Crippen molar-refractivity contribution in [2.24, 2.45) is 0 Å². The van der Waals surface area contributed by atoms with Crippen molar-refractivity contribution in [3.8, 4) is 5.75 Å². The lowest BCUT2D eigenvalue weighted by atomic mass is 10.1. The Morgan fingerprint density at radius 3 is 2.78 bits per heavy atom. The molecule has 2 aromatic heterocycles. The number of aromatic nitrogens is 2. The van der Waals surface area contributed by atoms with Crippen LogP contribution < -0.4 is 15.6 Å². The fraction of sp³-hybridized carbons (Fsp3) is 0.250. The number of benzene rings is 1. The lowest BCUT2D eigenvalue weighted by Crippen LogP contribution is -2.17. The predicted molar refractivity (Wildman–Crippen MR) is 102 cm³/mol. The number of fused-ring (bicyclic) bond motifs is 1. The number of nitrogens with zero attached hydrogens (tertiary/aromatic N) is 2. The third-order valence-corrected chi connectivity index (χ3v) is 3.85. The van der Waals surface area contributed by atoms with Gasteiger partial charge in [-0.05, 0) is 44.2 Å². The zero-order valence-electron chi connectivity index (χ0n) is 15.4. The maximum absolute atomic E-state index is 12.2. The van der Waals surface area contributed by atoms with Crippen LogP contribution in [0.2, 0.25) is 0 Å². The molecule has 0 amide bonds. The number of esters is 1. The second kappa shape index (κ2) is 7.90. The minimum Gasteiger partial charge on any atom is -0.489 e. The molecule has 140 valence electrons. The molecule has 0 spiro atoms. The molecule has 7 heteroatoms. The number of carbonyl (C=O) groups is 1. The van der Waals surface area contributed by atoms with Crippen LogP contribution in [0.3, 0.4) is 0 Å². The monoisotopic (exact) mass is 367 g/mol. The molecule has 0 fully saturated rings. The SMILES string of the molecule is COC(=O)c1ccc(OC(C)C)c(NCc2cc(=O)n3ccccc3n2)c1. The van der Waals surface area contributed by atoms with Gasteiger partial charge in [0.2, 0.25) is 0 Å². The van der Waals surface area contributed by atoms with Crippen LogP contribution in [0.25, 0.3) is 5.65 Å². The third-order valence-electron chi connectivity index (χ3n) is 3.85. The van der Waals surface area contributed by atoms with Crippen molar-refractivity contribution in [3.63, 3.8) is 0 Å². The summed E-state index contributed by atoms with van der Waals surface area (Å²) >= 11 is 0. The van der Waals surface area contributed by atoms with E-state index in [1.807, 2.05) is 19.9 Å². The van der Waals surface area contributed by atoms with Gasteiger partial charge in [-0.1, -0.05) is 6.07 Å². The maximum atomic E-state index is 12.2. The molecule has 3 rings (SSSR count). The highest BCUT2D eigenvalue weighted by Gasteiger charge is 2.12. The Balaban J connectivity index is 1.89. The van der Waals surface area contributed by atoms with Crippen LogP contribution in [-0.2, 0) is 11.3 Å². The first-order chi connectivity index (χ1) is 13.0. The van der Waals surface area contributed by atoms with Gasteiger partial charge in [-0.25, -0.2) is 9.78 Å². The van der Waals surface area contributed by atoms with Crippen molar-refractivity contribution < 1.29 is 14.3 Å². The molecule has 27 heavy (non-hydrogen) atoms. The van der Waals surface area contributed by atoms with E-state index in [9.17, 15) is 9.59 Å². The van der Waals surface area contributed by atoms with Crippen LogP contribution in [0.4, 0.5) is 5.69 Å². The molecule has 2 heterocycles. The number of methoxy groups -OCH3 is 1. The quantitative estimate of drug-likeness (QED) is 0.675. The summed E-state index contributed by atoms with van der Waals surface area (Å²) in [7, 11) is 1.33. The number of nitrogens with one attached hydrogen (secondary N) is 1. The van der Waals surface area contributed by atoms with Gasteiger partial charge in [0, 0.05) is 12.3 Å². The molecule has 1 aromatic carbocycles. The van der Waals surface area contributed by atoms with Gasteiger partial charge in [-0.15, -0.1) is 0 Å². The number of hydrogen-bond donors (Lipinski definition) is 1. The van der Waals surface area contributed by atoms with Gasteiger partial charge in [-0.3, -0.25) is 9.20 Å². The van der Waals surface area contributed by atoms with Crippen LogP contribution in [0, 0.1) is 0 Å². The van der Waals surface area contributed by atoms with Crippen LogP contribution in [-0.4, -0.2) is 28.6 Å². The van der Waals surface area contributed by atoms with Crippen LogP contribution >= 0.6 is 0 Å². The smallest absolute Gasteiger partial charge is 0.337 e. The Labute approximate surface area is 156 Å². The Kier molecular flexibility index (Phi) is 5.40. The summed E-state index contributed by atoms with van der Waals surface area (Å²) in [5.41, 5.74) is 2.04. The summed E-state index contributed by atoms with van der Waals surface area (Å²) in [6.45, 7) is 4.15. The highest BCUT2D eigenvalue weighted by molar-refractivity contribution is 5.91. The van der Waals surface area contributed by atoms with Crippen molar-refractivity contribution in [2.75, 3.05) is 12.4 Å². The van der Waals surface area contributed by atoms with Gasteiger partial charge in [0.1, 0.15) is 11.4 Å². The lowest BCUT2D eigenvalue weighted by Gasteiger charge is -2.16. The van der Waals surface area contributed by atoms with Crippen molar-refractivity contribution >= 4 is 17.3 Å². The molecular weight excluding hydrogens is 346 g/mol. The highest BCUT2D eigenvalue weighted by atomic mass is 16.5.